The van der Waals surface area contributed by atoms with Gasteiger partial charge in [0, 0.05) is 55.5 Å². The zero-order valence-corrected chi connectivity index (χ0v) is 16.7. The van der Waals surface area contributed by atoms with Crippen molar-refractivity contribution in [3.63, 3.8) is 0 Å². The number of aryl methyl sites for hydroxylation is 2. The van der Waals surface area contributed by atoms with Crippen molar-refractivity contribution in [3.8, 4) is 0 Å². The lowest BCUT2D eigenvalue weighted by Crippen LogP contribution is -2.41. The van der Waals surface area contributed by atoms with Crippen LogP contribution >= 0.6 is 0 Å². The average molecular weight is 374 g/mol. The van der Waals surface area contributed by atoms with Gasteiger partial charge in [-0.2, -0.15) is 0 Å². The Balaban J connectivity index is 1.72. The van der Waals surface area contributed by atoms with Crippen molar-refractivity contribution in [3.05, 3.63) is 22.8 Å². The van der Waals surface area contributed by atoms with Gasteiger partial charge in [0.05, 0.1) is 19.6 Å². The van der Waals surface area contributed by atoms with Crippen LogP contribution in [0.1, 0.15) is 54.9 Å². The Bertz CT molecular complexity index is 677. The number of piperidine rings is 1. The topological polar surface area (TPSA) is 75.6 Å². The lowest BCUT2D eigenvalue weighted by Gasteiger charge is -2.32. The van der Waals surface area contributed by atoms with Gasteiger partial charge in [0.25, 0.3) is 0 Å². The molecule has 2 aliphatic heterocycles. The third-order valence-corrected chi connectivity index (χ3v) is 5.57. The minimum Gasteiger partial charge on any atom is -0.378 e. The Kier molecular flexibility index (Phi) is 6.42. The predicted molar refractivity (Wildman–Crippen MR) is 101 cm³/mol. The second-order valence-electron chi connectivity index (χ2n) is 7.43. The van der Waals surface area contributed by atoms with Crippen LogP contribution in [0.5, 0.6) is 0 Å². The monoisotopic (exact) mass is 374 g/mol. The molecule has 3 rings (SSSR count). The third-order valence-electron chi connectivity index (χ3n) is 5.57. The highest BCUT2D eigenvalue weighted by Crippen LogP contribution is 2.26. The van der Waals surface area contributed by atoms with Gasteiger partial charge in [-0.1, -0.05) is 6.92 Å². The average Bonchev–Trinajstić information content (AvgIpc) is 2.70. The van der Waals surface area contributed by atoms with E-state index in [2.05, 4.69) is 0 Å². The van der Waals surface area contributed by atoms with E-state index in [-0.39, 0.29) is 17.7 Å². The van der Waals surface area contributed by atoms with E-state index < -0.39 is 0 Å². The highest BCUT2D eigenvalue weighted by atomic mass is 16.5. The minimum absolute atomic E-state index is 0.109. The lowest BCUT2D eigenvalue weighted by molar-refractivity contribution is -0.134. The molecule has 0 saturated carbocycles. The molecule has 2 amide bonds. The first-order chi connectivity index (χ1) is 13.0. The quantitative estimate of drug-likeness (QED) is 0.800. The summed E-state index contributed by atoms with van der Waals surface area (Å²) >= 11 is 0. The fourth-order valence-corrected chi connectivity index (χ4v) is 3.92. The van der Waals surface area contributed by atoms with Crippen LogP contribution in [-0.2, 0) is 20.7 Å². The molecule has 0 spiro atoms. The van der Waals surface area contributed by atoms with E-state index in [1.807, 2.05) is 30.6 Å². The van der Waals surface area contributed by atoms with Crippen molar-refractivity contribution in [2.75, 3.05) is 39.4 Å². The van der Waals surface area contributed by atoms with E-state index in [1.165, 1.54) is 0 Å². The van der Waals surface area contributed by atoms with Gasteiger partial charge < -0.3 is 14.5 Å². The number of ether oxygens (including phenoxy) is 1. The minimum atomic E-state index is 0.109. The number of aromatic nitrogens is 2. The summed E-state index contributed by atoms with van der Waals surface area (Å²) in [6.45, 7) is 9.85. The fourth-order valence-electron chi connectivity index (χ4n) is 3.92. The maximum Gasteiger partial charge on any atom is 0.227 e. The summed E-state index contributed by atoms with van der Waals surface area (Å²) in [5.74, 6) is 1.29. The number of morpholine rings is 1. The number of hydrogen-bond donors (Lipinski definition) is 0. The Morgan fingerprint density at radius 1 is 1.04 bits per heavy atom. The molecule has 1 unspecified atom stereocenters. The smallest absolute Gasteiger partial charge is 0.227 e. The molecular formula is C20H30N4O3. The van der Waals surface area contributed by atoms with Gasteiger partial charge in [-0.25, -0.2) is 9.97 Å². The van der Waals surface area contributed by atoms with Gasteiger partial charge in [0.2, 0.25) is 11.8 Å². The Morgan fingerprint density at radius 3 is 2.33 bits per heavy atom. The van der Waals surface area contributed by atoms with Gasteiger partial charge in [0.15, 0.2) is 0 Å². The van der Waals surface area contributed by atoms with Crippen LogP contribution in [0.25, 0.3) is 0 Å². The molecule has 2 saturated heterocycles. The van der Waals surface area contributed by atoms with Gasteiger partial charge in [-0.05, 0) is 26.7 Å². The highest BCUT2D eigenvalue weighted by molar-refractivity contribution is 5.79. The Morgan fingerprint density at radius 2 is 1.70 bits per heavy atom. The van der Waals surface area contributed by atoms with Gasteiger partial charge in [0.1, 0.15) is 5.82 Å². The number of carbonyl (C=O) groups excluding carboxylic acids is 2. The molecule has 7 nitrogen and oxygen atoms in total. The number of rotatable bonds is 4. The first-order valence-corrected chi connectivity index (χ1v) is 9.97. The number of likely N-dealkylation sites (tertiary alicyclic amines) is 1. The third kappa shape index (κ3) is 4.64. The highest BCUT2D eigenvalue weighted by Gasteiger charge is 2.27. The number of carbonyl (C=O) groups is 2. The summed E-state index contributed by atoms with van der Waals surface area (Å²) in [6.07, 6.45) is 2.85. The molecule has 7 heteroatoms. The van der Waals surface area contributed by atoms with Crippen LogP contribution in [0.3, 0.4) is 0 Å². The number of nitrogens with zero attached hydrogens (tertiary/aromatic N) is 4. The maximum absolute atomic E-state index is 12.6. The predicted octanol–water partition coefficient (Wildman–Crippen LogP) is 1.61. The van der Waals surface area contributed by atoms with E-state index in [0.717, 1.165) is 42.2 Å². The molecule has 0 N–H and O–H groups in total. The molecule has 0 radical (unpaired) electrons. The summed E-state index contributed by atoms with van der Waals surface area (Å²) in [5.41, 5.74) is 2.67. The van der Waals surface area contributed by atoms with Crippen LogP contribution in [0.2, 0.25) is 0 Å². The summed E-state index contributed by atoms with van der Waals surface area (Å²) in [6, 6.07) is 0. The van der Waals surface area contributed by atoms with Crippen LogP contribution in [-0.4, -0.2) is 71.0 Å². The zero-order valence-electron chi connectivity index (χ0n) is 16.7. The van der Waals surface area contributed by atoms with Crippen LogP contribution in [0, 0.1) is 13.8 Å². The SMILES string of the molecule is CCC(=O)N1CCCC(c2nc(C)c(CC(=O)N3CCOCC3)c(C)n2)C1. The van der Waals surface area contributed by atoms with E-state index in [1.54, 1.807) is 0 Å². The molecule has 27 heavy (non-hydrogen) atoms. The van der Waals surface area contributed by atoms with E-state index in [0.29, 0.717) is 45.7 Å². The fraction of sp³-hybridized carbons (Fsp3) is 0.700. The van der Waals surface area contributed by atoms with Gasteiger partial charge >= 0.3 is 0 Å². The first kappa shape index (κ1) is 19.7. The van der Waals surface area contributed by atoms with E-state index in [9.17, 15) is 9.59 Å². The molecule has 3 heterocycles. The normalized spacial score (nSPS) is 20.6. The van der Waals surface area contributed by atoms with Gasteiger partial charge in [-0.3, -0.25) is 9.59 Å². The van der Waals surface area contributed by atoms with Crippen LogP contribution in [0.4, 0.5) is 0 Å². The maximum atomic E-state index is 12.6. The molecule has 1 atom stereocenters. The summed E-state index contributed by atoms with van der Waals surface area (Å²) in [5, 5.41) is 0. The van der Waals surface area contributed by atoms with Crippen LogP contribution in [0.15, 0.2) is 0 Å². The summed E-state index contributed by atoms with van der Waals surface area (Å²) in [7, 11) is 0. The Labute approximate surface area is 161 Å². The summed E-state index contributed by atoms with van der Waals surface area (Å²) < 4.78 is 5.32. The second-order valence-corrected chi connectivity index (χ2v) is 7.43. The van der Waals surface area contributed by atoms with Crippen molar-refractivity contribution >= 4 is 11.8 Å². The van der Waals surface area contributed by atoms with Crippen molar-refractivity contribution in [2.24, 2.45) is 0 Å². The largest absolute Gasteiger partial charge is 0.378 e. The molecule has 0 aromatic carbocycles. The van der Waals surface area contributed by atoms with E-state index >= 15 is 0 Å². The Hall–Kier alpha value is -2.02. The molecule has 148 valence electrons. The van der Waals surface area contributed by atoms with Crippen molar-refractivity contribution < 1.29 is 14.3 Å². The molecule has 0 aliphatic carbocycles. The first-order valence-electron chi connectivity index (χ1n) is 9.97. The zero-order chi connectivity index (χ0) is 19.4. The second kappa shape index (κ2) is 8.78. The van der Waals surface area contributed by atoms with Gasteiger partial charge in [-0.15, -0.1) is 0 Å². The standard InChI is InChI=1S/C20H30N4O3/c1-4-18(25)24-7-5-6-16(13-24)20-21-14(2)17(15(3)22-20)12-19(26)23-8-10-27-11-9-23/h16H,4-13H2,1-3H3. The molecule has 0 bridgehead atoms. The molecule has 2 aliphatic rings. The lowest BCUT2D eigenvalue weighted by atomic mass is 9.96. The number of hydrogen-bond acceptors (Lipinski definition) is 5. The molecule has 1 aromatic heterocycles. The van der Waals surface area contributed by atoms with Crippen molar-refractivity contribution in [1.29, 1.82) is 0 Å². The van der Waals surface area contributed by atoms with Crippen molar-refractivity contribution in [1.82, 2.24) is 19.8 Å². The number of amides is 2. The van der Waals surface area contributed by atoms with E-state index in [4.69, 9.17) is 14.7 Å². The summed E-state index contributed by atoms with van der Waals surface area (Å²) in [4.78, 5) is 37.9. The molecular weight excluding hydrogens is 344 g/mol. The molecule has 2 fully saturated rings. The van der Waals surface area contributed by atoms with Crippen molar-refractivity contribution in [2.45, 2.75) is 52.4 Å². The van der Waals surface area contributed by atoms with Crippen LogP contribution < -0.4 is 0 Å². The molecule has 1 aromatic rings.